The fourth-order valence-corrected chi connectivity index (χ4v) is 1.35. The van der Waals surface area contributed by atoms with E-state index in [2.05, 4.69) is 0 Å². The number of benzene rings is 1. The van der Waals surface area contributed by atoms with Gasteiger partial charge in [0.15, 0.2) is 0 Å². The second-order valence-corrected chi connectivity index (χ2v) is 3.34. The van der Waals surface area contributed by atoms with Crippen LogP contribution in [-0.4, -0.2) is 16.2 Å². The maximum Gasteiger partial charge on any atom is 0.303 e. The van der Waals surface area contributed by atoms with Crippen molar-refractivity contribution >= 4 is 5.97 Å². The Morgan fingerprint density at radius 3 is 2.73 bits per heavy atom. The topological polar surface area (TPSA) is 57.5 Å². The molecule has 0 amide bonds. The first-order chi connectivity index (χ1) is 7.13. The van der Waals surface area contributed by atoms with Crippen LogP contribution in [0.5, 0.6) is 5.75 Å². The van der Waals surface area contributed by atoms with Gasteiger partial charge in [-0.15, -0.1) is 0 Å². The highest BCUT2D eigenvalue weighted by Crippen LogP contribution is 2.21. The summed E-state index contributed by atoms with van der Waals surface area (Å²) in [4.78, 5) is 10.3. The van der Waals surface area contributed by atoms with Crippen molar-refractivity contribution in [3.8, 4) is 5.75 Å². The number of carboxylic acid groups (broad SMARTS) is 1. The fourth-order valence-electron chi connectivity index (χ4n) is 1.35. The number of aliphatic carboxylic acids is 1. The number of alkyl halides is 1. The van der Waals surface area contributed by atoms with Crippen LogP contribution in [0.3, 0.4) is 0 Å². The van der Waals surface area contributed by atoms with Crippen LogP contribution in [0.25, 0.3) is 0 Å². The number of hydrogen-bond donors (Lipinski definition) is 2. The molecule has 2 N–H and O–H groups in total. The molecule has 0 spiro atoms. The van der Waals surface area contributed by atoms with Gasteiger partial charge in [-0.1, -0.05) is 6.07 Å². The summed E-state index contributed by atoms with van der Waals surface area (Å²) in [7, 11) is 0. The summed E-state index contributed by atoms with van der Waals surface area (Å²) in [5.41, 5.74) is 1.10. The molecule has 1 rings (SSSR count). The summed E-state index contributed by atoms with van der Waals surface area (Å²) < 4.78 is 12.3. The van der Waals surface area contributed by atoms with E-state index in [0.717, 1.165) is 0 Å². The predicted molar refractivity (Wildman–Crippen MR) is 53.5 cm³/mol. The molecular weight excluding hydrogens is 199 g/mol. The Kier molecular flexibility index (Phi) is 4.09. The summed E-state index contributed by atoms with van der Waals surface area (Å²) in [6.07, 6.45) is 0.948. The molecule has 0 bridgehead atoms. The first-order valence-electron chi connectivity index (χ1n) is 4.72. The van der Waals surface area contributed by atoms with Crippen LogP contribution < -0.4 is 0 Å². The largest absolute Gasteiger partial charge is 0.508 e. The van der Waals surface area contributed by atoms with Crippen molar-refractivity contribution in [3.05, 3.63) is 29.3 Å². The predicted octanol–water partition coefficient (Wildman–Crippen LogP) is 2.27. The molecule has 0 heterocycles. The minimum atomic E-state index is -0.865. The standard InChI is InChI=1S/C11H13FO3/c12-7-8-4-5-10(13)9(6-8)2-1-3-11(14)15/h4-6,13H,1-3,7H2,(H,14,15). The van der Waals surface area contributed by atoms with E-state index in [4.69, 9.17) is 5.11 Å². The van der Waals surface area contributed by atoms with Crippen LogP contribution in [0.2, 0.25) is 0 Å². The fraction of sp³-hybridized carbons (Fsp3) is 0.364. The Balaban J connectivity index is 2.62. The zero-order chi connectivity index (χ0) is 11.3. The number of aryl methyl sites for hydroxylation is 1. The van der Waals surface area contributed by atoms with Crippen molar-refractivity contribution in [2.45, 2.75) is 25.9 Å². The molecule has 0 radical (unpaired) electrons. The van der Waals surface area contributed by atoms with Crippen LogP contribution in [0, 0.1) is 0 Å². The zero-order valence-electron chi connectivity index (χ0n) is 8.24. The molecular formula is C11H13FO3. The molecule has 15 heavy (non-hydrogen) atoms. The number of phenolic OH excluding ortho intramolecular Hbond substituents is 1. The Hall–Kier alpha value is -1.58. The summed E-state index contributed by atoms with van der Waals surface area (Å²) in [6, 6.07) is 4.51. The third-order valence-corrected chi connectivity index (χ3v) is 2.13. The highest BCUT2D eigenvalue weighted by molar-refractivity contribution is 5.66. The molecule has 0 aliphatic carbocycles. The Morgan fingerprint density at radius 2 is 2.13 bits per heavy atom. The normalized spacial score (nSPS) is 10.2. The summed E-state index contributed by atoms with van der Waals surface area (Å²) in [5.74, 6) is -0.770. The van der Waals surface area contributed by atoms with Crippen molar-refractivity contribution < 1.29 is 19.4 Å². The Bertz CT molecular complexity index is 350. The number of halogens is 1. The van der Waals surface area contributed by atoms with Gasteiger partial charge in [0.25, 0.3) is 0 Å². The Labute approximate surface area is 87.2 Å². The minimum Gasteiger partial charge on any atom is -0.508 e. The molecule has 0 aromatic heterocycles. The van der Waals surface area contributed by atoms with Gasteiger partial charge in [-0.25, -0.2) is 4.39 Å². The van der Waals surface area contributed by atoms with Crippen LogP contribution >= 0.6 is 0 Å². The van der Waals surface area contributed by atoms with Gasteiger partial charge in [0, 0.05) is 6.42 Å². The molecule has 1 aromatic carbocycles. The first-order valence-corrected chi connectivity index (χ1v) is 4.72. The van der Waals surface area contributed by atoms with Crippen LogP contribution in [0.1, 0.15) is 24.0 Å². The first kappa shape index (κ1) is 11.5. The number of hydrogen-bond acceptors (Lipinski definition) is 2. The lowest BCUT2D eigenvalue weighted by molar-refractivity contribution is -0.137. The van der Waals surface area contributed by atoms with Crippen molar-refractivity contribution in [1.82, 2.24) is 0 Å². The lowest BCUT2D eigenvalue weighted by Gasteiger charge is -2.05. The third-order valence-electron chi connectivity index (χ3n) is 2.13. The number of aromatic hydroxyl groups is 1. The molecule has 0 aliphatic rings. The quantitative estimate of drug-likeness (QED) is 0.787. The van der Waals surface area contributed by atoms with E-state index in [0.29, 0.717) is 24.0 Å². The van der Waals surface area contributed by atoms with E-state index < -0.39 is 12.6 Å². The summed E-state index contributed by atoms with van der Waals surface area (Å²) in [5, 5.41) is 17.9. The lowest BCUT2D eigenvalue weighted by Crippen LogP contribution is -1.96. The van der Waals surface area contributed by atoms with E-state index in [1.165, 1.54) is 12.1 Å². The molecule has 0 saturated heterocycles. The van der Waals surface area contributed by atoms with Crippen molar-refractivity contribution in [2.75, 3.05) is 0 Å². The van der Waals surface area contributed by atoms with Gasteiger partial charge >= 0.3 is 5.97 Å². The maximum atomic E-state index is 12.3. The lowest BCUT2D eigenvalue weighted by atomic mass is 10.0. The molecule has 0 unspecified atom stereocenters. The van der Waals surface area contributed by atoms with E-state index in [-0.39, 0.29) is 12.2 Å². The number of carboxylic acids is 1. The van der Waals surface area contributed by atoms with Crippen molar-refractivity contribution in [3.63, 3.8) is 0 Å². The number of rotatable bonds is 5. The zero-order valence-corrected chi connectivity index (χ0v) is 8.24. The third kappa shape index (κ3) is 3.58. The van der Waals surface area contributed by atoms with Gasteiger partial charge in [0.05, 0.1) is 0 Å². The number of phenols is 1. The molecule has 82 valence electrons. The second-order valence-electron chi connectivity index (χ2n) is 3.34. The van der Waals surface area contributed by atoms with Crippen molar-refractivity contribution in [1.29, 1.82) is 0 Å². The Morgan fingerprint density at radius 1 is 1.40 bits per heavy atom. The minimum absolute atomic E-state index is 0.0549. The molecule has 3 nitrogen and oxygen atoms in total. The van der Waals surface area contributed by atoms with E-state index in [9.17, 15) is 14.3 Å². The molecule has 1 aromatic rings. The smallest absolute Gasteiger partial charge is 0.303 e. The average molecular weight is 212 g/mol. The van der Waals surface area contributed by atoms with Crippen LogP contribution in [0.4, 0.5) is 4.39 Å². The monoisotopic (exact) mass is 212 g/mol. The highest BCUT2D eigenvalue weighted by atomic mass is 19.1. The molecule has 0 atom stereocenters. The summed E-state index contributed by atoms with van der Waals surface area (Å²) >= 11 is 0. The molecule has 0 fully saturated rings. The van der Waals surface area contributed by atoms with Gasteiger partial charge in [-0.2, -0.15) is 0 Å². The average Bonchev–Trinajstić information content (AvgIpc) is 2.20. The molecule has 4 heteroatoms. The number of carbonyl (C=O) groups is 1. The van der Waals surface area contributed by atoms with Crippen molar-refractivity contribution in [2.24, 2.45) is 0 Å². The summed E-state index contributed by atoms with van der Waals surface area (Å²) in [6.45, 7) is -0.577. The molecule has 0 aliphatic heterocycles. The van der Waals surface area contributed by atoms with Gasteiger partial charge in [-0.05, 0) is 36.1 Å². The molecule has 0 saturated carbocycles. The van der Waals surface area contributed by atoms with Gasteiger partial charge in [-0.3, -0.25) is 4.79 Å². The SMILES string of the molecule is O=C(O)CCCc1cc(CF)ccc1O. The van der Waals surface area contributed by atoms with Crippen LogP contribution in [-0.2, 0) is 17.9 Å². The second kappa shape index (κ2) is 5.34. The van der Waals surface area contributed by atoms with Gasteiger partial charge in [0.1, 0.15) is 12.4 Å². The van der Waals surface area contributed by atoms with E-state index in [1.54, 1.807) is 6.07 Å². The van der Waals surface area contributed by atoms with E-state index in [1.807, 2.05) is 0 Å². The van der Waals surface area contributed by atoms with Gasteiger partial charge in [0.2, 0.25) is 0 Å². The highest BCUT2D eigenvalue weighted by Gasteiger charge is 2.04. The van der Waals surface area contributed by atoms with Gasteiger partial charge < -0.3 is 10.2 Å². The van der Waals surface area contributed by atoms with E-state index >= 15 is 0 Å². The maximum absolute atomic E-state index is 12.3. The van der Waals surface area contributed by atoms with Crippen LogP contribution in [0.15, 0.2) is 18.2 Å².